The van der Waals surface area contributed by atoms with Crippen LogP contribution in [0.15, 0.2) is 83.8 Å². The highest BCUT2D eigenvalue weighted by Gasteiger charge is 2.15. The predicted molar refractivity (Wildman–Crippen MR) is 134 cm³/mol. The number of pyridine rings is 1. The highest BCUT2D eigenvalue weighted by molar-refractivity contribution is 7.92. The summed E-state index contributed by atoms with van der Waals surface area (Å²) in [6.07, 6.45) is 3.64. The zero-order valence-electron chi connectivity index (χ0n) is 18.3. The van der Waals surface area contributed by atoms with Crippen LogP contribution in [-0.2, 0) is 23.5 Å². The van der Waals surface area contributed by atoms with Crippen LogP contribution >= 0.6 is 0 Å². The van der Waals surface area contributed by atoms with Crippen molar-refractivity contribution in [1.29, 1.82) is 0 Å². The first-order chi connectivity index (χ1) is 15.8. The molecule has 0 bridgehead atoms. The third-order valence-corrected chi connectivity index (χ3v) is 6.32. The van der Waals surface area contributed by atoms with Gasteiger partial charge in [0.25, 0.3) is 5.56 Å². The average Bonchev–Trinajstić information content (AvgIpc) is 3.18. The molecule has 166 valence electrons. The maximum absolute atomic E-state index is 12.6. The molecule has 0 aliphatic carbocycles. The van der Waals surface area contributed by atoms with Gasteiger partial charge in [0, 0.05) is 47.2 Å². The Kier molecular flexibility index (Phi) is 5.06. The normalized spacial score (nSPS) is 11.8. The number of aromatic amines is 1. The van der Waals surface area contributed by atoms with Crippen molar-refractivity contribution in [2.24, 2.45) is 7.05 Å². The second-order valence-corrected chi connectivity index (χ2v) is 10.1. The maximum Gasteiger partial charge on any atom is 0.258 e. The fourth-order valence-corrected chi connectivity index (χ4v) is 4.86. The predicted octanol–water partition coefficient (Wildman–Crippen LogP) is 4.65. The lowest BCUT2D eigenvalue weighted by atomic mass is 9.99. The third kappa shape index (κ3) is 4.15. The van der Waals surface area contributed by atoms with Crippen molar-refractivity contribution in [1.82, 2.24) is 9.55 Å². The summed E-state index contributed by atoms with van der Waals surface area (Å²) in [7, 11) is -1.77. The molecule has 0 spiro atoms. The zero-order valence-corrected chi connectivity index (χ0v) is 19.1. The van der Waals surface area contributed by atoms with E-state index < -0.39 is 10.0 Å². The molecule has 0 atom stereocenters. The molecule has 0 radical (unpaired) electrons. The lowest BCUT2D eigenvalue weighted by Gasteiger charge is -2.12. The molecule has 7 heteroatoms. The molecular formula is C26H23N3O3S. The van der Waals surface area contributed by atoms with Crippen LogP contribution in [0.1, 0.15) is 11.3 Å². The molecule has 5 aromatic rings. The molecule has 2 heterocycles. The largest absolute Gasteiger partial charge is 0.358 e. The molecule has 5 rings (SSSR count). The van der Waals surface area contributed by atoms with Gasteiger partial charge in [0.1, 0.15) is 0 Å². The van der Waals surface area contributed by atoms with Gasteiger partial charge in [-0.25, -0.2) is 8.42 Å². The first kappa shape index (κ1) is 21.0. The van der Waals surface area contributed by atoms with Gasteiger partial charge >= 0.3 is 0 Å². The van der Waals surface area contributed by atoms with E-state index in [0.717, 1.165) is 44.9 Å². The number of aryl methyl sites for hydroxylation is 1. The molecular weight excluding hydrogens is 434 g/mol. The van der Waals surface area contributed by atoms with Crippen molar-refractivity contribution >= 4 is 37.4 Å². The van der Waals surface area contributed by atoms with Crippen LogP contribution in [0.3, 0.4) is 0 Å². The van der Waals surface area contributed by atoms with Crippen LogP contribution in [-0.4, -0.2) is 24.2 Å². The number of nitrogens with one attached hydrogen (secondary N) is 2. The Bertz CT molecular complexity index is 1670. The van der Waals surface area contributed by atoms with Gasteiger partial charge in [0.05, 0.1) is 11.9 Å². The standard InChI is InChI=1S/C26H23N3O3S/c1-29-16-23(20-10-6-7-11-21(20)26(29)30)18-13-24-22(25(14-18)28-33(2,31)32)15-19(27-24)12-17-8-4-3-5-9-17/h3-11,13-16,27-28H,12H2,1-2H3. The molecule has 33 heavy (non-hydrogen) atoms. The van der Waals surface area contributed by atoms with Crippen molar-refractivity contribution in [2.75, 3.05) is 11.0 Å². The van der Waals surface area contributed by atoms with E-state index in [1.54, 1.807) is 17.8 Å². The van der Waals surface area contributed by atoms with Crippen LogP contribution < -0.4 is 10.3 Å². The first-order valence-electron chi connectivity index (χ1n) is 10.5. The van der Waals surface area contributed by atoms with E-state index in [-0.39, 0.29) is 5.56 Å². The van der Waals surface area contributed by atoms with E-state index in [9.17, 15) is 13.2 Å². The van der Waals surface area contributed by atoms with Gasteiger partial charge in [0.2, 0.25) is 10.0 Å². The van der Waals surface area contributed by atoms with Gasteiger partial charge in [-0.05, 0) is 40.8 Å². The Morgan fingerprint density at radius 3 is 2.33 bits per heavy atom. The van der Waals surface area contributed by atoms with E-state index in [2.05, 4.69) is 21.8 Å². The molecule has 0 amide bonds. The van der Waals surface area contributed by atoms with Gasteiger partial charge in [0.15, 0.2) is 0 Å². The zero-order chi connectivity index (χ0) is 23.2. The fraction of sp³-hybridized carbons (Fsp3) is 0.115. The summed E-state index contributed by atoms with van der Waals surface area (Å²) in [4.78, 5) is 16.1. The summed E-state index contributed by atoms with van der Waals surface area (Å²) >= 11 is 0. The quantitative estimate of drug-likeness (QED) is 0.403. The molecule has 0 aliphatic rings. The minimum atomic E-state index is -3.49. The molecule has 0 saturated heterocycles. The van der Waals surface area contributed by atoms with Gasteiger partial charge in [-0.3, -0.25) is 9.52 Å². The minimum absolute atomic E-state index is 0.0741. The van der Waals surface area contributed by atoms with Crippen LogP contribution in [0.2, 0.25) is 0 Å². The molecule has 0 unspecified atom stereocenters. The second kappa shape index (κ2) is 7.94. The first-order valence-corrected chi connectivity index (χ1v) is 12.4. The molecule has 3 aromatic carbocycles. The summed E-state index contributed by atoms with van der Waals surface area (Å²) in [5.41, 5.74) is 5.05. The lowest BCUT2D eigenvalue weighted by molar-refractivity contribution is 0.607. The average molecular weight is 458 g/mol. The minimum Gasteiger partial charge on any atom is -0.358 e. The van der Waals surface area contributed by atoms with Crippen molar-refractivity contribution in [3.05, 3.63) is 101 Å². The lowest BCUT2D eigenvalue weighted by Crippen LogP contribution is -2.16. The Balaban J connectivity index is 1.73. The third-order valence-electron chi connectivity index (χ3n) is 5.73. The van der Waals surface area contributed by atoms with Gasteiger partial charge < -0.3 is 9.55 Å². The van der Waals surface area contributed by atoms with Crippen LogP contribution in [0.4, 0.5) is 5.69 Å². The Hall–Kier alpha value is -3.84. The number of anilines is 1. The number of rotatable bonds is 5. The smallest absolute Gasteiger partial charge is 0.258 e. The topological polar surface area (TPSA) is 84.0 Å². The van der Waals surface area contributed by atoms with E-state index in [4.69, 9.17) is 0 Å². The Labute approximate surface area is 191 Å². The van der Waals surface area contributed by atoms with Crippen molar-refractivity contribution in [2.45, 2.75) is 6.42 Å². The summed E-state index contributed by atoms with van der Waals surface area (Å²) in [5.74, 6) is 0. The Morgan fingerprint density at radius 1 is 0.909 bits per heavy atom. The maximum atomic E-state index is 12.6. The summed E-state index contributed by atoms with van der Waals surface area (Å²) in [5, 5.41) is 2.23. The summed E-state index contributed by atoms with van der Waals surface area (Å²) < 4.78 is 28.5. The molecule has 0 fully saturated rings. The number of H-pyrrole nitrogens is 1. The van der Waals surface area contributed by atoms with E-state index >= 15 is 0 Å². The summed E-state index contributed by atoms with van der Waals surface area (Å²) in [6.45, 7) is 0. The van der Waals surface area contributed by atoms with Gasteiger partial charge in [-0.15, -0.1) is 0 Å². The second-order valence-electron chi connectivity index (χ2n) is 8.32. The number of hydrogen-bond donors (Lipinski definition) is 2. The number of sulfonamides is 1. The van der Waals surface area contributed by atoms with E-state index in [1.165, 1.54) is 0 Å². The van der Waals surface area contributed by atoms with E-state index in [1.807, 2.05) is 60.7 Å². The van der Waals surface area contributed by atoms with Gasteiger partial charge in [-0.1, -0.05) is 48.5 Å². The molecule has 2 N–H and O–H groups in total. The number of nitrogens with zero attached hydrogens (tertiary/aromatic N) is 1. The number of hydrogen-bond acceptors (Lipinski definition) is 3. The van der Waals surface area contributed by atoms with Crippen LogP contribution in [0.5, 0.6) is 0 Å². The van der Waals surface area contributed by atoms with Gasteiger partial charge in [-0.2, -0.15) is 0 Å². The highest BCUT2D eigenvalue weighted by atomic mass is 32.2. The molecule has 0 aliphatic heterocycles. The van der Waals surface area contributed by atoms with Crippen molar-refractivity contribution in [3.8, 4) is 11.1 Å². The van der Waals surface area contributed by atoms with Crippen LogP contribution in [0, 0.1) is 0 Å². The fourth-order valence-electron chi connectivity index (χ4n) is 4.29. The molecule has 6 nitrogen and oxygen atoms in total. The molecule has 0 saturated carbocycles. The SMILES string of the molecule is Cn1cc(-c2cc(NS(C)(=O)=O)c3cc(Cc4ccccc4)[nH]c3c2)c2ccccc2c1=O. The monoisotopic (exact) mass is 457 g/mol. The number of benzene rings is 3. The summed E-state index contributed by atoms with van der Waals surface area (Å²) in [6, 6.07) is 23.4. The number of fused-ring (bicyclic) bond motifs is 2. The Morgan fingerprint density at radius 2 is 1.61 bits per heavy atom. The molecule has 2 aromatic heterocycles. The van der Waals surface area contributed by atoms with Crippen LogP contribution in [0.25, 0.3) is 32.8 Å². The van der Waals surface area contributed by atoms with Crippen molar-refractivity contribution in [3.63, 3.8) is 0 Å². The van der Waals surface area contributed by atoms with Crippen molar-refractivity contribution < 1.29 is 8.42 Å². The van der Waals surface area contributed by atoms with E-state index in [0.29, 0.717) is 17.5 Å². The highest BCUT2D eigenvalue weighted by Crippen LogP contribution is 2.35. The number of aromatic nitrogens is 2.